The Morgan fingerprint density at radius 1 is 1.11 bits per heavy atom. The van der Waals surface area contributed by atoms with E-state index >= 15 is 0 Å². The molecule has 0 radical (unpaired) electrons. The highest BCUT2D eigenvalue weighted by molar-refractivity contribution is 7.18. The van der Waals surface area contributed by atoms with Gasteiger partial charge in [-0.2, -0.15) is 5.10 Å². The standard InChI is InChI=1S/C17H23N5S.C5H10/c1-6-12(7-2)13-8-9(3)21-22-14(10(4)19-16(13)22)15-11(5)20-17(18)23-15;1-2-5-3-4-5/h8,12H,6-7H2,1-5H3,(H2,18,20);5H,2-4H2,1H3. The molecule has 1 saturated carbocycles. The van der Waals surface area contributed by atoms with Crippen molar-refractivity contribution in [2.24, 2.45) is 5.92 Å². The average molecular weight is 400 g/mol. The molecule has 1 aliphatic carbocycles. The van der Waals surface area contributed by atoms with Crippen molar-refractivity contribution < 1.29 is 0 Å². The molecule has 3 aromatic heterocycles. The molecule has 28 heavy (non-hydrogen) atoms. The van der Waals surface area contributed by atoms with Gasteiger partial charge in [-0.1, -0.05) is 51.4 Å². The summed E-state index contributed by atoms with van der Waals surface area (Å²) >= 11 is 1.50. The number of aryl methyl sites for hydroxylation is 3. The zero-order valence-electron chi connectivity index (χ0n) is 18.0. The Labute approximate surface area is 172 Å². The third-order valence-electron chi connectivity index (χ3n) is 5.64. The largest absolute Gasteiger partial charge is 0.375 e. The maximum absolute atomic E-state index is 5.89. The molecule has 2 N–H and O–H groups in total. The molecule has 0 saturated heterocycles. The maximum Gasteiger partial charge on any atom is 0.180 e. The van der Waals surface area contributed by atoms with Crippen LogP contribution in [0.2, 0.25) is 0 Å². The Kier molecular flexibility index (Phi) is 6.38. The van der Waals surface area contributed by atoms with Crippen LogP contribution in [0.5, 0.6) is 0 Å². The highest BCUT2D eigenvalue weighted by Gasteiger charge is 2.22. The lowest BCUT2D eigenvalue weighted by Gasteiger charge is -2.14. The maximum atomic E-state index is 5.89. The van der Waals surface area contributed by atoms with E-state index in [1.54, 1.807) is 0 Å². The number of aromatic nitrogens is 4. The summed E-state index contributed by atoms with van der Waals surface area (Å²) < 4.78 is 1.98. The fraction of sp³-hybridized carbons (Fsp3) is 0.591. The van der Waals surface area contributed by atoms with E-state index in [9.17, 15) is 0 Å². The molecular weight excluding hydrogens is 366 g/mol. The van der Waals surface area contributed by atoms with Crippen molar-refractivity contribution >= 4 is 22.1 Å². The number of nitrogens with two attached hydrogens (primary N) is 1. The van der Waals surface area contributed by atoms with Gasteiger partial charge in [-0.15, -0.1) is 0 Å². The topological polar surface area (TPSA) is 69.1 Å². The minimum atomic E-state index is 0.501. The van der Waals surface area contributed by atoms with Gasteiger partial charge >= 0.3 is 0 Å². The molecule has 3 aromatic rings. The molecule has 0 aromatic carbocycles. The lowest BCUT2D eigenvalue weighted by atomic mass is 9.95. The first-order valence-corrected chi connectivity index (χ1v) is 11.3. The van der Waals surface area contributed by atoms with Gasteiger partial charge in [0.15, 0.2) is 10.8 Å². The molecule has 0 unspecified atom stereocenters. The second kappa shape index (κ2) is 8.60. The monoisotopic (exact) mass is 399 g/mol. The molecular formula is C22H33N5S. The molecule has 0 atom stereocenters. The Balaban J connectivity index is 0.000000391. The average Bonchev–Trinajstić information content (AvgIpc) is 3.37. The van der Waals surface area contributed by atoms with Crippen molar-refractivity contribution in [2.45, 2.75) is 79.6 Å². The van der Waals surface area contributed by atoms with Crippen molar-refractivity contribution in [1.29, 1.82) is 0 Å². The van der Waals surface area contributed by atoms with E-state index in [0.29, 0.717) is 11.0 Å². The molecule has 4 rings (SSSR count). The third-order valence-corrected chi connectivity index (χ3v) is 6.63. The van der Waals surface area contributed by atoms with Crippen LogP contribution in [0.1, 0.15) is 81.4 Å². The smallest absolute Gasteiger partial charge is 0.180 e. The van der Waals surface area contributed by atoms with Crippen molar-refractivity contribution in [3.05, 3.63) is 28.7 Å². The van der Waals surface area contributed by atoms with E-state index in [1.807, 2.05) is 25.3 Å². The first-order chi connectivity index (χ1) is 13.4. The predicted octanol–water partition coefficient (Wildman–Crippen LogP) is 6.07. The van der Waals surface area contributed by atoms with Crippen LogP contribution in [-0.4, -0.2) is 19.6 Å². The summed E-state index contributed by atoms with van der Waals surface area (Å²) in [5, 5.41) is 5.31. The van der Waals surface area contributed by atoms with Crippen LogP contribution in [0.25, 0.3) is 16.2 Å². The molecule has 5 nitrogen and oxygen atoms in total. The summed E-state index contributed by atoms with van der Waals surface area (Å²) in [7, 11) is 0. The third kappa shape index (κ3) is 4.22. The molecule has 0 amide bonds. The summed E-state index contributed by atoms with van der Waals surface area (Å²) in [5.74, 6) is 1.64. The van der Waals surface area contributed by atoms with Crippen LogP contribution in [0.3, 0.4) is 0 Å². The molecule has 152 valence electrons. The van der Waals surface area contributed by atoms with Crippen molar-refractivity contribution in [2.75, 3.05) is 5.73 Å². The lowest BCUT2D eigenvalue weighted by molar-refractivity contribution is 0.638. The summed E-state index contributed by atoms with van der Waals surface area (Å²) in [5.41, 5.74) is 12.1. The Bertz CT molecular complexity index is 948. The molecule has 6 heteroatoms. The fourth-order valence-corrected chi connectivity index (χ4v) is 4.65. The van der Waals surface area contributed by atoms with E-state index in [1.165, 1.54) is 36.2 Å². The van der Waals surface area contributed by atoms with Gasteiger partial charge in [0.05, 0.1) is 22.0 Å². The first kappa shape index (κ1) is 20.8. The zero-order chi connectivity index (χ0) is 20.4. The first-order valence-electron chi connectivity index (χ1n) is 10.5. The van der Waals surface area contributed by atoms with Crippen molar-refractivity contribution in [3.8, 4) is 10.6 Å². The minimum absolute atomic E-state index is 0.501. The lowest BCUT2D eigenvalue weighted by Crippen LogP contribution is -2.05. The van der Waals surface area contributed by atoms with E-state index in [0.717, 1.165) is 52.1 Å². The summed E-state index contributed by atoms with van der Waals surface area (Å²) in [6.45, 7) is 12.8. The SMILES string of the molecule is CCC(CC)c1cc(C)nn2c(-c3sc(N)nc3C)c(C)nc12.CCC1CC1. The van der Waals surface area contributed by atoms with Crippen LogP contribution < -0.4 is 5.73 Å². The number of nitrogen functional groups attached to an aromatic ring is 1. The molecule has 1 aliphatic rings. The number of hydrogen-bond acceptors (Lipinski definition) is 5. The summed E-state index contributed by atoms with van der Waals surface area (Å²) in [6.07, 6.45) is 6.64. The number of nitrogens with zero attached hydrogens (tertiary/aromatic N) is 4. The van der Waals surface area contributed by atoms with Crippen molar-refractivity contribution in [1.82, 2.24) is 19.6 Å². The molecule has 3 heterocycles. The van der Waals surface area contributed by atoms with Gasteiger partial charge < -0.3 is 5.73 Å². The van der Waals surface area contributed by atoms with Crippen LogP contribution in [0.15, 0.2) is 6.07 Å². The summed E-state index contributed by atoms with van der Waals surface area (Å²) in [4.78, 5) is 10.2. The second-order valence-corrected chi connectivity index (χ2v) is 8.88. The van der Waals surface area contributed by atoms with Crippen molar-refractivity contribution in [3.63, 3.8) is 0 Å². The molecule has 1 fully saturated rings. The summed E-state index contributed by atoms with van der Waals surface area (Å²) in [6, 6.07) is 2.18. The van der Waals surface area contributed by atoms with Gasteiger partial charge in [0, 0.05) is 5.56 Å². The Morgan fingerprint density at radius 2 is 1.79 bits per heavy atom. The number of anilines is 1. The van der Waals surface area contributed by atoms with E-state index in [2.05, 4.69) is 31.8 Å². The van der Waals surface area contributed by atoms with Crippen LogP contribution in [-0.2, 0) is 0 Å². The van der Waals surface area contributed by atoms with E-state index < -0.39 is 0 Å². The number of imidazole rings is 1. The van der Waals surface area contributed by atoms with Gasteiger partial charge in [-0.3, -0.25) is 0 Å². The van der Waals surface area contributed by atoms with Crippen LogP contribution in [0, 0.1) is 26.7 Å². The van der Waals surface area contributed by atoms with Crippen LogP contribution in [0.4, 0.5) is 5.13 Å². The number of hydrogen-bond donors (Lipinski definition) is 1. The molecule has 0 aliphatic heterocycles. The van der Waals surface area contributed by atoms with Gasteiger partial charge in [-0.25, -0.2) is 14.5 Å². The Hall–Kier alpha value is -1.95. The molecule has 0 spiro atoms. The number of thiazole rings is 1. The highest BCUT2D eigenvalue weighted by Crippen LogP contribution is 2.36. The van der Waals surface area contributed by atoms with Gasteiger partial charge in [-0.05, 0) is 51.5 Å². The second-order valence-electron chi connectivity index (χ2n) is 7.85. The quantitative estimate of drug-likeness (QED) is 0.565. The van der Waals surface area contributed by atoms with Gasteiger partial charge in [0.25, 0.3) is 0 Å². The predicted molar refractivity (Wildman–Crippen MR) is 119 cm³/mol. The van der Waals surface area contributed by atoms with Gasteiger partial charge in [0.1, 0.15) is 5.69 Å². The van der Waals surface area contributed by atoms with Gasteiger partial charge in [0.2, 0.25) is 0 Å². The highest BCUT2D eigenvalue weighted by atomic mass is 32.1. The van der Waals surface area contributed by atoms with Crippen LogP contribution >= 0.6 is 11.3 Å². The fourth-order valence-electron chi connectivity index (χ4n) is 3.73. The molecule has 0 bridgehead atoms. The number of rotatable bonds is 5. The normalized spacial score (nSPS) is 13.8. The zero-order valence-corrected chi connectivity index (χ0v) is 18.9. The van der Waals surface area contributed by atoms with E-state index in [-0.39, 0.29) is 0 Å². The van der Waals surface area contributed by atoms with E-state index in [4.69, 9.17) is 15.8 Å². The Morgan fingerprint density at radius 3 is 2.25 bits per heavy atom. The minimum Gasteiger partial charge on any atom is -0.375 e. The number of fused-ring (bicyclic) bond motifs is 1.